The summed E-state index contributed by atoms with van der Waals surface area (Å²) < 4.78 is 4.50. The maximum Gasteiger partial charge on any atom is 0.305 e. The molecule has 5 heteroatoms. The maximum atomic E-state index is 11.7. The molecule has 1 rings (SSSR count). The van der Waals surface area contributed by atoms with Crippen LogP contribution in [0.1, 0.15) is 22.5 Å². The summed E-state index contributed by atoms with van der Waals surface area (Å²) in [6.07, 6.45) is 0.715. The predicted molar refractivity (Wildman–Crippen MR) is 62.6 cm³/mol. The summed E-state index contributed by atoms with van der Waals surface area (Å²) in [7, 11) is 1.34. The second-order valence-corrected chi connectivity index (χ2v) is 4.98. The number of ketones is 1. The topological polar surface area (TPSA) is 43.4 Å². The molecule has 1 heterocycles. The number of hydrogen-bond donors (Lipinski definition) is 0. The number of Topliss-reactive ketones (excluding diaryl/α,β-unsaturated/α-hetero) is 1. The van der Waals surface area contributed by atoms with E-state index in [1.807, 2.05) is 11.4 Å². The second-order valence-electron chi connectivity index (χ2n) is 2.92. The number of halogens is 1. The van der Waals surface area contributed by atoms with Crippen molar-refractivity contribution < 1.29 is 14.3 Å². The highest BCUT2D eigenvalue weighted by atomic mass is 79.9. The number of carbonyl (C=O) groups excluding carboxylic acids is 2. The quantitative estimate of drug-likeness (QED) is 0.476. The van der Waals surface area contributed by atoms with Crippen molar-refractivity contribution >= 4 is 39.0 Å². The fourth-order valence-electron chi connectivity index (χ4n) is 1.05. The lowest BCUT2D eigenvalue weighted by Crippen LogP contribution is -2.15. The fraction of sp³-hybridized carbons (Fsp3) is 0.400. The average Bonchev–Trinajstić information content (AvgIpc) is 2.77. The molecule has 15 heavy (non-hydrogen) atoms. The number of rotatable bonds is 5. The Morgan fingerprint density at radius 2 is 2.33 bits per heavy atom. The van der Waals surface area contributed by atoms with E-state index in [1.165, 1.54) is 18.4 Å². The van der Waals surface area contributed by atoms with E-state index in [0.29, 0.717) is 11.3 Å². The van der Waals surface area contributed by atoms with E-state index in [-0.39, 0.29) is 23.0 Å². The Morgan fingerprint density at radius 1 is 1.60 bits per heavy atom. The van der Waals surface area contributed by atoms with Gasteiger partial charge in [0.2, 0.25) is 0 Å². The molecule has 0 spiro atoms. The van der Waals surface area contributed by atoms with Gasteiger partial charge in [0.15, 0.2) is 5.78 Å². The molecular weight excluding hydrogens is 280 g/mol. The third-order valence-electron chi connectivity index (χ3n) is 1.88. The van der Waals surface area contributed by atoms with Crippen LogP contribution in [0.3, 0.4) is 0 Å². The van der Waals surface area contributed by atoms with Crippen molar-refractivity contribution in [2.24, 2.45) is 0 Å². The molecule has 0 aliphatic rings. The van der Waals surface area contributed by atoms with Crippen molar-refractivity contribution in [2.45, 2.75) is 17.7 Å². The van der Waals surface area contributed by atoms with Gasteiger partial charge in [-0.1, -0.05) is 22.0 Å². The maximum absolute atomic E-state index is 11.7. The molecule has 1 atom stereocenters. The van der Waals surface area contributed by atoms with Crippen LogP contribution in [-0.4, -0.2) is 23.7 Å². The Morgan fingerprint density at radius 3 is 2.87 bits per heavy atom. The summed E-state index contributed by atoms with van der Waals surface area (Å²) in [6.45, 7) is 0. The van der Waals surface area contributed by atoms with Gasteiger partial charge in [-0.05, 0) is 17.9 Å². The van der Waals surface area contributed by atoms with Gasteiger partial charge in [-0.25, -0.2) is 0 Å². The summed E-state index contributed by atoms with van der Waals surface area (Å²) in [4.78, 5) is 23.0. The van der Waals surface area contributed by atoms with Gasteiger partial charge in [-0.15, -0.1) is 11.3 Å². The molecule has 0 saturated heterocycles. The first-order chi connectivity index (χ1) is 7.15. The van der Waals surface area contributed by atoms with Crippen molar-refractivity contribution in [3.05, 3.63) is 22.4 Å². The minimum absolute atomic E-state index is 0.0221. The predicted octanol–water partition coefficient (Wildman–Crippen LogP) is 2.65. The molecule has 0 fully saturated rings. The van der Waals surface area contributed by atoms with Gasteiger partial charge in [0.25, 0.3) is 0 Å². The first-order valence-electron chi connectivity index (χ1n) is 4.43. The molecule has 1 aromatic rings. The highest BCUT2D eigenvalue weighted by Gasteiger charge is 2.18. The third-order valence-corrected chi connectivity index (χ3v) is 3.64. The van der Waals surface area contributed by atoms with Crippen LogP contribution in [-0.2, 0) is 9.53 Å². The first kappa shape index (κ1) is 12.4. The molecule has 0 aliphatic carbocycles. The summed E-state index contributed by atoms with van der Waals surface area (Å²) >= 11 is 4.68. The second kappa shape index (κ2) is 6.02. The summed E-state index contributed by atoms with van der Waals surface area (Å²) in [5.74, 6) is -0.271. The zero-order valence-electron chi connectivity index (χ0n) is 8.23. The smallest absolute Gasteiger partial charge is 0.305 e. The SMILES string of the molecule is COC(=O)CC[C@@H](Br)C(=O)c1cccs1. The Balaban J connectivity index is 2.44. The van der Waals surface area contributed by atoms with Crippen LogP contribution in [0.5, 0.6) is 0 Å². The van der Waals surface area contributed by atoms with E-state index in [0.717, 1.165) is 0 Å². The summed E-state index contributed by atoms with van der Waals surface area (Å²) in [5, 5.41) is 1.85. The molecule has 0 unspecified atom stereocenters. The minimum atomic E-state index is -0.310. The minimum Gasteiger partial charge on any atom is -0.469 e. The molecule has 0 bridgehead atoms. The van der Waals surface area contributed by atoms with Gasteiger partial charge in [0, 0.05) is 6.42 Å². The van der Waals surface area contributed by atoms with Crippen LogP contribution in [0.15, 0.2) is 17.5 Å². The van der Waals surface area contributed by atoms with Crippen molar-refractivity contribution in [2.75, 3.05) is 7.11 Å². The summed E-state index contributed by atoms with van der Waals surface area (Å²) in [5.41, 5.74) is 0. The average molecular weight is 291 g/mol. The molecule has 1 aromatic heterocycles. The van der Waals surface area contributed by atoms with Crippen LogP contribution in [0, 0.1) is 0 Å². The zero-order valence-corrected chi connectivity index (χ0v) is 10.6. The van der Waals surface area contributed by atoms with Crippen molar-refractivity contribution in [3.63, 3.8) is 0 Å². The molecule has 3 nitrogen and oxygen atoms in total. The van der Waals surface area contributed by atoms with Crippen LogP contribution >= 0.6 is 27.3 Å². The van der Waals surface area contributed by atoms with Crippen molar-refractivity contribution in [3.8, 4) is 0 Å². The van der Waals surface area contributed by atoms with Gasteiger partial charge in [0.05, 0.1) is 16.8 Å². The number of alkyl halides is 1. The standard InChI is InChI=1S/C10H11BrO3S/c1-14-9(12)5-4-7(11)10(13)8-3-2-6-15-8/h2-3,6-7H,4-5H2,1H3/t7-/m1/s1. The molecule has 0 aromatic carbocycles. The van der Waals surface area contributed by atoms with Gasteiger partial charge in [-0.3, -0.25) is 9.59 Å². The van der Waals surface area contributed by atoms with Gasteiger partial charge in [0.1, 0.15) is 0 Å². The number of hydrogen-bond acceptors (Lipinski definition) is 4. The van der Waals surface area contributed by atoms with E-state index in [2.05, 4.69) is 20.7 Å². The lowest BCUT2D eigenvalue weighted by molar-refractivity contribution is -0.140. The van der Waals surface area contributed by atoms with Gasteiger partial charge in [-0.2, -0.15) is 0 Å². The van der Waals surface area contributed by atoms with Crippen LogP contribution in [0.25, 0.3) is 0 Å². The van der Waals surface area contributed by atoms with E-state index in [4.69, 9.17) is 0 Å². The number of esters is 1. The van der Waals surface area contributed by atoms with Gasteiger partial charge >= 0.3 is 5.97 Å². The molecule has 0 radical (unpaired) electrons. The molecule has 82 valence electrons. The van der Waals surface area contributed by atoms with E-state index in [9.17, 15) is 9.59 Å². The van der Waals surface area contributed by atoms with Gasteiger partial charge < -0.3 is 4.74 Å². The normalized spacial score (nSPS) is 12.1. The Kier molecular flexibility index (Phi) is 4.98. The number of methoxy groups -OCH3 is 1. The highest BCUT2D eigenvalue weighted by molar-refractivity contribution is 9.10. The number of ether oxygens (including phenoxy) is 1. The first-order valence-corrected chi connectivity index (χ1v) is 6.23. The molecule has 0 N–H and O–H groups in total. The van der Waals surface area contributed by atoms with Crippen LogP contribution < -0.4 is 0 Å². The molecule has 0 aliphatic heterocycles. The number of carbonyl (C=O) groups is 2. The summed E-state index contributed by atoms with van der Waals surface area (Å²) in [6, 6.07) is 3.61. The fourth-order valence-corrected chi connectivity index (χ4v) is 2.40. The van der Waals surface area contributed by atoms with E-state index < -0.39 is 0 Å². The molecule has 0 amide bonds. The number of thiophene rings is 1. The lowest BCUT2D eigenvalue weighted by atomic mass is 10.1. The van der Waals surface area contributed by atoms with Crippen LogP contribution in [0.2, 0.25) is 0 Å². The molecular formula is C10H11BrO3S. The lowest BCUT2D eigenvalue weighted by Gasteiger charge is -2.05. The zero-order chi connectivity index (χ0) is 11.3. The van der Waals surface area contributed by atoms with E-state index in [1.54, 1.807) is 6.07 Å². The van der Waals surface area contributed by atoms with Crippen molar-refractivity contribution in [1.82, 2.24) is 0 Å². The molecule has 0 saturated carbocycles. The van der Waals surface area contributed by atoms with E-state index >= 15 is 0 Å². The van der Waals surface area contributed by atoms with Crippen LogP contribution in [0.4, 0.5) is 0 Å². The highest BCUT2D eigenvalue weighted by Crippen LogP contribution is 2.18. The Labute approximate surface area is 101 Å². The Bertz CT molecular complexity index is 334. The third kappa shape index (κ3) is 3.76. The van der Waals surface area contributed by atoms with Crippen molar-refractivity contribution in [1.29, 1.82) is 0 Å². The largest absolute Gasteiger partial charge is 0.469 e. The Hall–Kier alpha value is -0.680. The monoisotopic (exact) mass is 290 g/mol.